The predicted octanol–water partition coefficient (Wildman–Crippen LogP) is 0.102. The number of rotatable bonds is 8. The lowest BCUT2D eigenvalue weighted by molar-refractivity contribution is -0.334. The first-order valence-corrected chi connectivity index (χ1v) is 10.0. The highest BCUT2D eigenvalue weighted by molar-refractivity contribution is 8.13. The Labute approximate surface area is 177 Å². The van der Waals surface area contributed by atoms with Crippen molar-refractivity contribution in [1.82, 2.24) is 0 Å². The molecule has 0 aromatic heterocycles. The Morgan fingerprint density at radius 3 is 2.00 bits per heavy atom. The minimum Gasteiger partial charge on any atom is -0.463 e. The van der Waals surface area contributed by atoms with Crippen LogP contribution in [0.4, 0.5) is 0 Å². The molecule has 0 amide bonds. The van der Waals surface area contributed by atoms with Gasteiger partial charge in [-0.15, -0.1) is 0 Å². The molecule has 1 aliphatic heterocycles. The summed E-state index contributed by atoms with van der Waals surface area (Å²) in [5.74, 6) is -3.01. The van der Waals surface area contributed by atoms with Crippen molar-refractivity contribution in [2.75, 3.05) is 12.4 Å². The number of hydrogen-bond acceptors (Lipinski definition) is 12. The number of aliphatic hydroxyl groups is 1. The van der Waals surface area contributed by atoms with Crippen LogP contribution in [0.2, 0.25) is 0 Å². The van der Waals surface area contributed by atoms with Gasteiger partial charge < -0.3 is 28.8 Å². The van der Waals surface area contributed by atoms with Gasteiger partial charge in [-0.1, -0.05) is 11.8 Å². The van der Waals surface area contributed by atoms with E-state index in [1.807, 2.05) is 0 Å². The van der Waals surface area contributed by atoms with Gasteiger partial charge in [0, 0.05) is 46.8 Å². The van der Waals surface area contributed by atoms with Gasteiger partial charge in [0.25, 0.3) is 0 Å². The Morgan fingerprint density at radius 2 is 1.53 bits per heavy atom. The number of aliphatic hydroxyl groups excluding tert-OH is 1. The summed E-state index contributed by atoms with van der Waals surface area (Å²) in [7, 11) is 0. The molecular formula is C18H26O11S. The molecule has 0 radical (unpaired) electrons. The van der Waals surface area contributed by atoms with E-state index >= 15 is 0 Å². The van der Waals surface area contributed by atoms with Gasteiger partial charge in [-0.05, 0) is 0 Å². The molecule has 0 aromatic carbocycles. The zero-order valence-corrected chi connectivity index (χ0v) is 18.2. The van der Waals surface area contributed by atoms with Crippen molar-refractivity contribution in [1.29, 1.82) is 0 Å². The lowest BCUT2D eigenvalue weighted by Gasteiger charge is -2.50. The second-order valence-corrected chi connectivity index (χ2v) is 7.84. The monoisotopic (exact) mass is 450 g/mol. The molecule has 0 aliphatic carbocycles. The highest BCUT2D eigenvalue weighted by Crippen LogP contribution is 2.39. The molecule has 1 aliphatic rings. The summed E-state index contributed by atoms with van der Waals surface area (Å²) >= 11 is 0.889. The third-order valence-electron chi connectivity index (χ3n) is 4.05. The summed E-state index contributed by atoms with van der Waals surface area (Å²) in [5, 5.41) is 10.5. The van der Waals surface area contributed by atoms with Crippen LogP contribution in [0.15, 0.2) is 0 Å². The number of carbonyl (C=O) groups is 5. The fourth-order valence-corrected chi connectivity index (χ4v) is 3.74. The standard InChI is InChI=1S/C18H26O11S/c1-9(19)25-8-14-15(26-10(2)20)16(27-11(3)21)18(17(24)28-14,29-12(4)22)6-7-30-13(5)23/h14-17,24H,6-8H2,1-5H3/t14-,15-,16+,17-,18-/m1/s1. The van der Waals surface area contributed by atoms with Gasteiger partial charge in [0.05, 0.1) is 0 Å². The van der Waals surface area contributed by atoms with Crippen LogP contribution in [-0.4, -0.2) is 76.7 Å². The van der Waals surface area contributed by atoms with Crippen molar-refractivity contribution >= 4 is 40.8 Å². The molecule has 0 aromatic rings. The van der Waals surface area contributed by atoms with E-state index in [1.54, 1.807) is 0 Å². The molecule has 1 N–H and O–H groups in total. The average Bonchev–Trinajstić information content (AvgIpc) is 2.58. The van der Waals surface area contributed by atoms with Crippen molar-refractivity contribution in [2.24, 2.45) is 0 Å². The SMILES string of the molecule is CC(=O)OC[C@H]1O[C@@H](O)[C@](CCSC(C)=O)(OC(C)=O)[C@@H](OC(C)=O)[C@@H]1OC(C)=O. The van der Waals surface area contributed by atoms with Gasteiger partial charge in [0.1, 0.15) is 12.7 Å². The van der Waals surface area contributed by atoms with E-state index in [0.717, 1.165) is 39.5 Å². The normalized spacial score (nSPS) is 28.2. The number of carbonyl (C=O) groups excluding carboxylic acids is 5. The summed E-state index contributed by atoms with van der Waals surface area (Å²) in [6.45, 7) is 5.29. The molecule has 11 nitrogen and oxygen atoms in total. The summed E-state index contributed by atoms with van der Waals surface area (Å²) < 4.78 is 26.3. The van der Waals surface area contributed by atoms with Gasteiger partial charge in [-0.3, -0.25) is 24.0 Å². The van der Waals surface area contributed by atoms with Gasteiger partial charge in [-0.25, -0.2) is 0 Å². The molecule has 0 spiro atoms. The van der Waals surface area contributed by atoms with E-state index in [0.29, 0.717) is 0 Å². The molecule has 1 heterocycles. The van der Waals surface area contributed by atoms with Crippen LogP contribution in [0.5, 0.6) is 0 Å². The summed E-state index contributed by atoms with van der Waals surface area (Å²) in [4.78, 5) is 57.9. The summed E-state index contributed by atoms with van der Waals surface area (Å²) in [6.07, 6.45) is -6.11. The van der Waals surface area contributed by atoms with E-state index in [9.17, 15) is 29.1 Å². The van der Waals surface area contributed by atoms with Crippen molar-refractivity contribution in [3.8, 4) is 0 Å². The maximum atomic E-state index is 11.8. The van der Waals surface area contributed by atoms with E-state index < -0.39 is 60.7 Å². The molecular weight excluding hydrogens is 424 g/mol. The number of esters is 4. The first-order chi connectivity index (χ1) is 13.9. The lowest BCUT2D eigenvalue weighted by atomic mass is 9.83. The number of ether oxygens (including phenoxy) is 5. The van der Waals surface area contributed by atoms with Crippen LogP contribution in [0.25, 0.3) is 0 Å². The number of hydrogen-bond donors (Lipinski definition) is 1. The summed E-state index contributed by atoms with van der Waals surface area (Å²) in [5.41, 5.74) is -1.98. The fourth-order valence-electron chi connectivity index (χ4n) is 3.03. The van der Waals surface area contributed by atoms with E-state index in [2.05, 4.69) is 0 Å². The Bertz CT molecular complexity index is 679. The van der Waals surface area contributed by atoms with E-state index in [4.69, 9.17) is 23.7 Å². The highest BCUT2D eigenvalue weighted by Gasteiger charge is 2.62. The molecule has 1 rings (SSSR count). The largest absolute Gasteiger partial charge is 0.463 e. The second kappa shape index (κ2) is 11.3. The van der Waals surface area contributed by atoms with Crippen LogP contribution < -0.4 is 0 Å². The quantitative estimate of drug-likeness (QED) is 0.394. The third-order valence-corrected chi connectivity index (χ3v) is 4.86. The smallest absolute Gasteiger partial charge is 0.303 e. The van der Waals surface area contributed by atoms with Gasteiger partial charge in [0.15, 0.2) is 23.6 Å². The first kappa shape index (κ1) is 25.9. The van der Waals surface area contributed by atoms with Crippen LogP contribution in [0.3, 0.4) is 0 Å². The molecule has 1 fully saturated rings. The zero-order chi connectivity index (χ0) is 23.1. The van der Waals surface area contributed by atoms with Crippen molar-refractivity contribution in [3.05, 3.63) is 0 Å². The Hall–Kier alpha value is -2.18. The minimum atomic E-state index is -1.98. The predicted molar refractivity (Wildman–Crippen MR) is 101 cm³/mol. The minimum absolute atomic E-state index is 0.0716. The zero-order valence-electron chi connectivity index (χ0n) is 17.4. The molecule has 12 heteroatoms. The lowest BCUT2D eigenvalue weighted by Crippen LogP contribution is -2.70. The van der Waals surface area contributed by atoms with E-state index in [1.165, 1.54) is 6.92 Å². The molecule has 5 atom stereocenters. The second-order valence-electron chi connectivity index (χ2n) is 6.57. The van der Waals surface area contributed by atoms with E-state index in [-0.39, 0.29) is 17.3 Å². The van der Waals surface area contributed by atoms with Crippen LogP contribution in [0.1, 0.15) is 41.0 Å². The molecule has 1 saturated heterocycles. The van der Waals surface area contributed by atoms with Gasteiger partial charge in [-0.2, -0.15) is 0 Å². The molecule has 170 valence electrons. The Balaban J connectivity index is 3.43. The fraction of sp³-hybridized carbons (Fsp3) is 0.722. The van der Waals surface area contributed by atoms with Gasteiger partial charge >= 0.3 is 23.9 Å². The maximum absolute atomic E-state index is 11.8. The molecule has 30 heavy (non-hydrogen) atoms. The van der Waals surface area contributed by atoms with Crippen LogP contribution in [-0.2, 0) is 47.7 Å². The Kier molecular flexibility index (Phi) is 9.72. The van der Waals surface area contributed by atoms with Gasteiger partial charge in [0.2, 0.25) is 5.60 Å². The molecule has 0 bridgehead atoms. The van der Waals surface area contributed by atoms with Crippen molar-refractivity contribution < 1.29 is 52.8 Å². The van der Waals surface area contributed by atoms with Crippen LogP contribution in [0, 0.1) is 0 Å². The molecule has 0 saturated carbocycles. The maximum Gasteiger partial charge on any atom is 0.303 e. The van der Waals surface area contributed by atoms with Crippen molar-refractivity contribution in [2.45, 2.75) is 71.2 Å². The Morgan fingerprint density at radius 1 is 0.933 bits per heavy atom. The highest BCUT2D eigenvalue weighted by atomic mass is 32.2. The average molecular weight is 450 g/mol. The van der Waals surface area contributed by atoms with Crippen molar-refractivity contribution in [3.63, 3.8) is 0 Å². The van der Waals surface area contributed by atoms with Crippen LogP contribution >= 0.6 is 11.8 Å². The topological polar surface area (TPSA) is 152 Å². The number of thioether (sulfide) groups is 1. The molecule has 0 unspecified atom stereocenters. The first-order valence-electron chi connectivity index (χ1n) is 9.03. The summed E-state index contributed by atoms with van der Waals surface area (Å²) in [6, 6.07) is 0. The third kappa shape index (κ3) is 7.26.